The Morgan fingerprint density at radius 1 is 1.29 bits per heavy atom. The average Bonchev–Trinajstić information content (AvgIpc) is 1.72. The maximum Gasteiger partial charge on any atom is 0.161 e. The van der Waals surface area contributed by atoms with E-state index >= 15 is 0 Å². The molecule has 0 aliphatic carbocycles. The van der Waals surface area contributed by atoms with E-state index in [1.807, 2.05) is 0 Å². The Bertz CT molecular complexity index is 27.2. The standard InChI is InChI=1S/C4H10OSi.Zn/c1-2-4-6-5-3-1;/h1-4,6H2;. The Morgan fingerprint density at radius 3 is 2.29 bits per heavy atom. The maximum absolute atomic E-state index is 5.21. The quantitative estimate of drug-likeness (QED) is 0.472. The molecule has 1 heterocycles. The van der Waals surface area contributed by atoms with Gasteiger partial charge in [-0.2, -0.15) is 0 Å². The Labute approximate surface area is 59.5 Å². The number of hydrogen-bond acceptors (Lipinski definition) is 1. The van der Waals surface area contributed by atoms with Crippen molar-refractivity contribution < 1.29 is 23.9 Å². The van der Waals surface area contributed by atoms with Crippen molar-refractivity contribution >= 4 is 9.76 Å². The van der Waals surface area contributed by atoms with Gasteiger partial charge in [0.05, 0.1) is 0 Å². The Balaban J connectivity index is 0.000000360. The van der Waals surface area contributed by atoms with E-state index in [9.17, 15) is 0 Å². The Hall–Kier alpha value is 0.800. The summed E-state index contributed by atoms with van der Waals surface area (Å²) in [5, 5.41) is 0. The van der Waals surface area contributed by atoms with E-state index in [4.69, 9.17) is 4.43 Å². The van der Waals surface area contributed by atoms with Crippen molar-refractivity contribution in [2.75, 3.05) is 6.61 Å². The van der Waals surface area contributed by atoms with Crippen molar-refractivity contribution in [1.29, 1.82) is 0 Å². The molecule has 1 nitrogen and oxygen atoms in total. The van der Waals surface area contributed by atoms with E-state index in [0.29, 0.717) is 0 Å². The molecule has 0 spiro atoms. The van der Waals surface area contributed by atoms with Crippen LogP contribution in [0.25, 0.3) is 0 Å². The zero-order chi connectivity index (χ0) is 4.24. The summed E-state index contributed by atoms with van der Waals surface area (Å²) in [6.45, 7) is 1.06. The van der Waals surface area contributed by atoms with Gasteiger partial charge in [-0.1, -0.05) is 6.42 Å². The zero-order valence-corrected chi connectivity index (χ0v) is 9.03. The molecule has 0 aromatic carbocycles. The van der Waals surface area contributed by atoms with Crippen LogP contribution in [0.4, 0.5) is 0 Å². The van der Waals surface area contributed by atoms with Crippen LogP contribution in [0.15, 0.2) is 0 Å². The van der Waals surface area contributed by atoms with Crippen molar-refractivity contribution in [3.63, 3.8) is 0 Å². The molecular formula is C4H10OSiZn. The number of hydrogen-bond donors (Lipinski definition) is 0. The summed E-state index contributed by atoms with van der Waals surface area (Å²) >= 11 is 0. The van der Waals surface area contributed by atoms with E-state index in [1.165, 1.54) is 18.9 Å². The SMILES string of the molecule is C1CC[SiH2]OC1.[Zn]. The van der Waals surface area contributed by atoms with Crippen molar-refractivity contribution in [3.8, 4) is 0 Å². The van der Waals surface area contributed by atoms with E-state index in [2.05, 4.69) is 0 Å². The van der Waals surface area contributed by atoms with Crippen molar-refractivity contribution in [3.05, 3.63) is 0 Å². The molecule has 0 saturated carbocycles. The van der Waals surface area contributed by atoms with Crippen LogP contribution in [-0.2, 0) is 23.9 Å². The van der Waals surface area contributed by atoms with Crippen LogP contribution in [0.1, 0.15) is 12.8 Å². The first kappa shape index (κ1) is 7.80. The van der Waals surface area contributed by atoms with Gasteiger partial charge in [0.2, 0.25) is 0 Å². The van der Waals surface area contributed by atoms with E-state index < -0.39 is 0 Å². The predicted octanol–water partition coefficient (Wildman–Crippen LogP) is 0.296. The van der Waals surface area contributed by atoms with E-state index in [-0.39, 0.29) is 29.2 Å². The smallest absolute Gasteiger partial charge is 0.161 e. The Morgan fingerprint density at radius 2 is 2.14 bits per heavy atom. The van der Waals surface area contributed by atoms with Gasteiger partial charge in [-0.05, 0) is 12.5 Å². The fraction of sp³-hybridized carbons (Fsp3) is 1.00. The number of rotatable bonds is 0. The molecule has 1 saturated heterocycles. The maximum atomic E-state index is 5.21. The van der Waals surface area contributed by atoms with Gasteiger partial charge in [0.15, 0.2) is 9.76 Å². The first-order valence-electron chi connectivity index (χ1n) is 2.58. The third-order valence-electron chi connectivity index (χ3n) is 1.08. The van der Waals surface area contributed by atoms with Gasteiger partial charge >= 0.3 is 0 Å². The second kappa shape index (κ2) is 4.95. The van der Waals surface area contributed by atoms with E-state index in [0.717, 1.165) is 6.61 Å². The molecule has 38 valence electrons. The van der Waals surface area contributed by atoms with Crippen LogP contribution >= 0.6 is 0 Å². The third-order valence-corrected chi connectivity index (χ3v) is 2.44. The largest absolute Gasteiger partial charge is 0.424 e. The minimum absolute atomic E-state index is 0. The summed E-state index contributed by atoms with van der Waals surface area (Å²) in [5.41, 5.74) is 0. The van der Waals surface area contributed by atoms with Crippen molar-refractivity contribution in [2.24, 2.45) is 0 Å². The van der Waals surface area contributed by atoms with Crippen molar-refractivity contribution in [1.82, 2.24) is 0 Å². The fourth-order valence-corrected chi connectivity index (χ4v) is 1.86. The molecule has 1 aliphatic rings. The van der Waals surface area contributed by atoms with Crippen LogP contribution < -0.4 is 0 Å². The van der Waals surface area contributed by atoms with E-state index in [1.54, 1.807) is 0 Å². The van der Waals surface area contributed by atoms with Gasteiger partial charge in [0.25, 0.3) is 0 Å². The molecule has 1 fully saturated rings. The first-order valence-corrected chi connectivity index (χ1v) is 4.15. The molecular weight excluding hydrogens is 158 g/mol. The first-order chi connectivity index (χ1) is 3.00. The summed E-state index contributed by atoms with van der Waals surface area (Å²) in [4.78, 5) is 0. The van der Waals surface area contributed by atoms with Crippen LogP contribution in [-0.4, -0.2) is 16.4 Å². The third kappa shape index (κ3) is 3.39. The molecule has 3 heteroatoms. The summed E-state index contributed by atoms with van der Waals surface area (Å²) in [7, 11) is 0.00849. The summed E-state index contributed by atoms with van der Waals surface area (Å²) in [6.07, 6.45) is 2.75. The van der Waals surface area contributed by atoms with Gasteiger partial charge in [0, 0.05) is 26.1 Å². The molecule has 7 heavy (non-hydrogen) atoms. The molecule has 0 radical (unpaired) electrons. The van der Waals surface area contributed by atoms with Gasteiger partial charge in [0.1, 0.15) is 0 Å². The average molecular weight is 168 g/mol. The van der Waals surface area contributed by atoms with Crippen LogP contribution in [0.5, 0.6) is 0 Å². The Kier molecular flexibility index (Phi) is 5.51. The van der Waals surface area contributed by atoms with Gasteiger partial charge in [-0.25, -0.2) is 0 Å². The normalized spacial score (nSPS) is 24.0. The second-order valence-electron chi connectivity index (χ2n) is 1.67. The predicted molar refractivity (Wildman–Crippen MR) is 28.5 cm³/mol. The molecule has 0 aromatic heterocycles. The molecule has 1 rings (SSSR count). The topological polar surface area (TPSA) is 9.23 Å². The van der Waals surface area contributed by atoms with Crippen LogP contribution in [0, 0.1) is 0 Å². The van der Waals surface area contributed by atoms with Gasteiger partial charge in [-0.3, -0.25) is 0 Å². The molecule has 0 N–H and O–H groups in total. The van der Waals surface area contributed by atoms with Gasteiger partial charge in [-0.15, -0.1) is 0 Å². The fourth-order valence-electron chi connectivity index (χ4n) is 0.687. The molecule has 0 bridgehead atoms. The molecule has 1 aliphatic heterocycles. The summed E-state index contributed by atoms with van der Waals surface area (Å²) < 4.78 is 5.21. The minimum atomic E-state index is 0. The molecule has 0 atom stereocenters. The summed E-state index contributed by atoms with van der Waals surface area (Å²) in [6, 6.07) is 1.42. The minimum Gasteiger partial charge on any atom is -0.424 e. The molecule has 0 unspecified atom stereocenters. The summed E-state index contributed by atoms with van der Waals surface area (Å²) in [5.74, 6) is 0. The van der Waals surface area contributed by atoms with Crippen molar-refractivity contribution in [2.45, 2.75) is 18.9 Å². The van der Waals surface area contributed by atoms with Crippen LogP contribution in [0.2, 0.25) is 6.04 Å². The molecule has 0 amide bonds. The second-order valence-corrected chi connectivity index (χ2v) is 3.20. The van der Waals surface area contributed by atoms with Crippen LogP contribution in [0.3, 0.4) is 0 Å². The molecule has 0 aromatic rings. The van der Waals surface area contributed by atoms with Gasteiger partial charge < -0.3 is 4.43 Å². The zero-order valence-electron chi connectivity index (χ0n) is 4.65. The monoisotopic (exact) mass is 166 g/mol.